The predicted molar refractivity (Wildman–Crippen MR) is 52.4 cm³/mol. The maximum atomic E-state index is 12.3. The number of nitrogens with zero attached hydrogens (tertiary/aromatic N) is 2. The van der Waals surface area contributed by atoms with Crippen molar-refractivity contribution in [3.8, 4) is 5.88 Å². The highest BCUT2D eigenvalue weighted by atomic mass is 35.5. The summed E-state index contributed by atoms with van der Waals surface area (Å²) in [6, 6.07) is 1.40. The van der Waals surface area contributed by atoms with Crippen LogP contribution >= 0.6 is 11.6 Å². The number of aromatic nitrogens is 1. The van der Waals surface area contributed by atoms with Crippen molar-refractivity contribution in [3.05, 3.63) is 27.4 Å². The van der Waals surface area contributed by atoms with E-state index in [0.29, 0.717) is 6.07 Å². The average molecular weight is 325 g/mol. The Morgan fingerprint density at radius 3 is 2.10 bits per heavy atom. The average Bonchev–Trinajstić information content (AvgIpc) is 2.22. The molecule has 12 heteroatoms. The molecule has 0 aliphatic carbocycles. The number of halogens is 7. The van der Waals surface area contributed by atoms with Gasteiger partial charge in [-0.15, -0.1) is 0 Å². The first-order valence-electron chi connectivity index (χ1n) is 4.54. The maximum absolute atomic E-state index is 12.3. The van der Waals surface area contributed by atoms with Crippen LogP contribution in [0, 0.1) is 10.1 Å². The highest BCUT2D eigenvalue weighted by Gasteiger charge is 2.59. The summed E-state index contributed by atoms with van der Waals surface area (Å²) in [4.78, 5) is 12.2. The molecule has 1 heterocycles. The molecule has 112 valence electrons. The summed E-state index contributed by atoms with van der Waals surface area (Å²) in [5.41, 5.74) is -1.17. The van der Waals surface area contributed by atoms with Gasteiger partial charge in [-0.3, -0.25) is 10.1 Å². The van der Waals surface area contributed by atoms with Crippen molar-refractivity contribution in [1.82, 2.24) is 4.98 Å². The Bertz CT molecular complexity index is 504. The van der Waals surface area contributed by atoms with Crippen molar-refractivity contribution in [2.24, 2.45) is 0 Å². The van der Waals surface area contributed by atoms with E-state index in [9.17, 15) is 36.5 Å². The van der Waals surface area contributed by atoms with Gasteiger partial charge in [-0.1, -0.05) is 11.6 Å². The third-order valence-corrected chi connectivity index (χ3v) is 2.04. The Hall–Kier alpha value is -1.78. The predicted octanol–water partition coefficient (Wildman–Crippen LogP) is 3.52. The lowest BCUT2D eigenvalue weighted by molar-refractivity contribution is -0.387. The highest BCUT2D eigenvalue weighted by molar-refractivity contribution is 6.29. The van der Waals surface area contributed by atoms with E-state index in [-0.39, 0.29) is 0 Å². The molecule has 0 spiro atoms. The number of nitro groups is 1. The third kappa shape index (κ3) is 3.85. The molecule has 5 nitrogen and oxygen atoms in total. The van der Waals surface area contributed by atoms with E-state index in [4.69, 9.17) is 11.6 Å². The zero-order valence-electron chi connectivity index (χ0n) is 9.00. The van der Waals surface area contributed by atoms with Crippen LogP contribution in [0.5, 0.6) is 5.88 Å². The van der Waals surface area contributed by atoms with E-state index in [2.05, 4.69) is 9.72 Å². The van der Waals surface area contributed by atoms with Crippen LogP contribution in [0.4, 0.5) is 32.0 Å². The second kappa shape index (κ2) is 5.31. The molecule has 0 bridgehead atoms. The Labute approximate surface area is 111 Å². The van der Waals surface area contributed by atoms with Crippen LogP contribution in [-0.4, -0.2) is 28.4 Å². The monoisotopic (exact) mass is 324 g/mol. The number of hydrogen-bond donors (Lipinski definition) is 0. The van der Waals surface area contributed by atoms with E-state index in [1.54, 1.807) is 0 Å². The zero-order valence-corrected chi connectivity index (χ0v) is 9.75. The standard InChI is InChI=1S/C8H3ClF6N2O3/c9-4-2-1-3(17(18)19)5(16-4)20-6(7(10,11)12)8(13,14)15/h1-2,6H. The zero-order chi connectivity index (χ0) is 15.7. The highest BCUT2D eigenvalue weighted by Crippen LogP contribution is 2.38. The number of ether oxygens (including phenoxy) is 1. The molecule has 0 atom stereocenters. The SMILES string of the molecule is O=[N+]([O-])c1ccc(Cl)nc1OC(C(F)(F)F)C(F)(F)F. The van der Waals surface area contributed by atoms with Gasteiger partial charge < -0.3 is 4.74 Å². The smallest absolute Gasteiger partial charge is 0.434 e. The van der Waals surface area contributed by atoms with Gasteiger partial charge in [0.1, 0.15) is 5.15 Å². The molecule has 20 heavy (non-hydrogen) atoms. The number of hydrogen-bond acceptors (Lipinski definition) is 4. The van der Waals surface area contributed by atoms with E-state index >= 15 is 0 Å². The lowest BCUT2D eigenvalue weighted by Crippen LogP contribution is -2.46. The molecule has 1 rings (SSSR count). The van der Waals surface area contributed by atoms with Crippen LogP contribution in [0.25, 0.3) is 0 Å². The minimum atomic E-state index is -5.82. The van der Waals surface area contributed by atoms with Crippen molar-refractivity contribution in [3.63, 3.8) is 0 Å². The molecule has 0 amide bonds. The molecular weight excluding hydrogens is 322 g/mol. The number of alkyl halides is 6. The van der Waals surface area contributed by atoms with Gasteiger partial charge in [0.05, 0.1) is 4.92 Å². The minimum absolute atomic E-state index is 0.561. The minimum Gasteiger partial charge on any atom is -0.450 e. The van der Waals surface area contributed by atoms with Gasteiger partial charge in [0.15, 0.2) is 0 Å². The van der Waals surface area contributed by atoms with Crippen molar-refractivity contribution < 1.29 is 36.0 Å². The fourth-order valence-corrected chi connectivity index (χ4v) is 1.21. The Morgan fingerprint density at radius 1 is 1.20 bits per heavy atom. The first kappa shape index (κ1) is 16.3. The Morgan fingerprint density at radius 2 is 1.70 bits per heavy atom. The van der Waals surface area contributed by atoms with Gasteiger partial charge in [0, 0.05) is 6.07 Å². The van der Waals surface area contributed by atoms with Crippen molar-refractivity contribution in [2.45, 2.75) is 18.5 Å². The lowest BCUT2D eigenvalue weighted by Gasteiger charge is -2.23. The summed E-state index contributed by atoms with van der Waals surface area (Å²) in [5, 5.41) is 9.93. The van der Waals surface area contributed by atoms with Crippen molar-refractivity contribution in [1.29, 1.82) is 0 Å². The summed E-state index contributed by atoms with van der Waals surface area (Å²) < 4.78 is 77.2. The molecule has 0 aliphatic heterocycles. The first-order valence-corrected chi connectivity index (χ1v) is 4.91. The Balaban J connectivity index is 3.24. The fraction of sp³-hybridized carbons (Fsp3) is 0.375. The summed E-state index contributed by atoms with van der Waals surface area (Å²) in [7, 11) is 0. The molecule has 0 saturated carbocycles. The maximum Gasteiger partial charge on any atom is 0.434 e. The Kier molecular flexibility index (Phi) is 4.32. The molecule has 0 unspecified atom stereocenters. The van der Waals surface area contributed by atoms with E-state index in [1.807, 2.05) is 0 Å². The topological polar surface area (TPSA) is 65.3 Å². The van der Waals surface area contributed by atoms with Crippen LogP contribution in [-0.2, 0) is 0 Å². The van der Waals surface area contributed by atoms with Gasteiger partial charge in [-0.2, -0.15) is 31.3 Å². The second-order valence-corrected chi connectivity index (χ2v) is 3.68. The molecule has 0 radical (unpaired) electrons. The first-order chi connectivity index (χ1) is 8.93. The summed E-state index contributed by atoms with van der Waals surface area (Å²) in [5.74, 6) is -1.47. The van der Waals surface area contributed by atoms with Gasteiger partial charge in [0.2, 0.25) is 0 Å². The molecule has 0 fully saturated rings. The van der Waals surface area contributed by atoms with E-state index < -0.39 is 40.1 Å². The summed E-state index contributed by atoms with van der Waals surface area (Å²) >= 11 is 5.26. The van der Waals surface area contributed by atoms with Crippen molar-refractivity contribution in [2.75, 3.05) is 0 Å². The van der Waals surface area contributed by atoms with Crippen LogP contribution in [0.2, 0.25) is 5.15 Å². The van der Waals surface area contributed by atoms with Gasteiger partial charge >= 0.3 is 18.0 Å². The van der Waals surface area contributed by atoms with E-state index in [1.165, 1.54) is 0 Å². The molecule has 1 aromatic rings. The van der Waals surface area contributed by atoms with Crippen LogP contribution in [0.1, 0.15) is 0 Å². The molecule has 0 N–H and O–H groups in total. The lowest BCUT2D eigenvalue weighted by atomic mass is 10.3. The van der Waals surface area contributed by atoms with Gasteiger partial charge in [-0.25, -0.2) is 0 Å². The fourth-order valence-electron chi connectivity index (χ4n) is 1.07. The molecule has 0 saturated heterocycles. The summed E-state index contributed by atoms with van der Waals surface area (Å²) in [6.07, 6.45) is -15.9. The summed E-state index contributed by atoms with van der Waals surface area (Å²) in [6.45, 7) is 0. The van der Waals surface area contributed by atoms with Crippen LogP contribution < -0.4 is 4.74 Å². The third-order valence-electron chi connectivity index (χ3n) is 1.83. The molecule has 0 aliphatic rings. The molecular formula is C8H3ClF6N2O3. The van der Waals surface area contributed by atoms with Gasteiger partial charge in [-0.05, 0) is 6.07 Å². The number of pyridine rings is 1. The molecule has 1 aromatic heterocycles. The largest absolute Gasteiger partial charge is 0.450 e. The quantitative estimate of drug-likeness (QED) is 0.369. The normalized spacial score (nSPS) is 12.6. The van der Waals surface area contributed by atoms with Crippen molar-refractivity contribution >= 4 is 17.3 Å². The van der Waals surface area contributed by atoms with E-state index in [0.717, 1.165) is 6.07 Å². The number of rotatable bonds is 3. The van der Waals surface area contributed by atoms with Crippen LogP contribution in [0.15, 0.2) is 12.1 Å². The van der Waals surface area contributed by atoms with Crippen LogP contribution in [0.3, 0.4) is 0 Å². The molecule has 0 aromatic carbocycles. The van der Waals surface area contributed by atoms with Gasteiger partial charge in [0.25, 0.3) is 12.0 Å². The second-order valence-electron chi connectivity index (χ2n) is 3.30.